The molecule has 0 N–H and O–H groups in total. The molecular weight excluding hydrogens is 280 g/mol. The van der Waals surface area contributed by atoms with Crippen molar-refractivity contribution in [2.24, 2.45) is 0 Å². The molecule has 2 aromatic carbocycles. The van der Waals surface area contributed by atoms with Crippen molar-refractivity contribution in [1.82, 2.24) is 0 Å². The van der Waals surface area contributed by atoms with E-state index in [4.69, 9.17) is 4.74 Å². The fraction of sp³-hybridized carbons (Fsp3) is 0.389. The molecule has 0 aromatic heterocycles. The molecule has 0 heterocycles. The first-order valence-corrected chi connectivity index (χ1v) is 8.45. The van der Waals surface area contributed by atoms with Crippen LogP contribution in [-0.4, -0.2) is 18.8 Å². The molecule has 0 saturated heterocycles. The van der Waals surface area contributed by atoms with E-state index >= 15 is 0 Å². The second-order valence-corrected chi connectivity index (χ2v) is 6.19. The number of carbonyl (C=O) groups excluding carboxylic acids is 1. The van der Waals surface area contributed by atoms with E-state index in [0.29, 0.717) is 6.42 Å². The maximum Gasteiger partial charge on any atom is 0.310 e. The lowest BCUT2D eigenvalue weighted by molar-refractivity contribution is -0.139. The van der Waals surface area contributed by atoms with Crippen LogP contribution in [0.5, 0.6) is 0 Å². The van der Waals surface area contributed by atoms with Crippen LogP contribution in [0.2, 0.25) is 0 Å². The molecule has 21 heavy (non-hydrogen) atoms. The second-order valence-electron chi connectivity index (χ2n) is 5.08. The number of unbranched alkanes of at least 4 members (excludes halogenated alkanes) is 2. The Morgan fingerprint density at radius 3 is 2.71 bits per heavy atom. The number of benzene rings is 2. The van der Waals surface area contributed by atoms with Crippen molar-refractivity contribution >= 4 is 28.5 Å². The lowest BCUT2D eigenvalue weighted by Crippen LogP contribution is -2.05. The van der Waals surface area contributed by atoms with Crippen LogP contribution in [-0.2, 0) is 16.0 Å². The van der Waals surface area contributed by atoms with Crippen molar-refractivity contribution in [3.63, 3.8) is 0 Å². The molecule has 0 fully saturated rings. The summed E-state index contributed by atoms with van der Waals surface area (Å²) in [7, 11) is 1.44. The van der Waals surface area contributed by atoms with Gasteiger partial charge in [-0.3, -0.25) is 4.79 Å². The summed E-state index contributed by atoms with van der Waals surface area (Å²) in [6, 6.07) is 12.5. The van der Waals surface area contributed by atoms with E-state index in [0.717, 1.165) is 11.3 Å². The van der Waals surface area contributed by atoms with Crippen LogP contribution in [0.3, 0.4) is 0 Å². The highest BCUT2D eigenvalue weighted by Crippen LogP contribution is 2.32. The van der Waals surface area contributed by atoms with Gasteiger partial charge in [0.25, 0.3) is 0 Å². The van der Waals surface area contributed by atoms with Gasteiger partial charge < -0.3 is 4.74 Å². The van der Waals surface area contributed by atoms with Crippen LogP contribution in [0.15, 0.2) is 41.3 Å². The Morgan fingerprint density at radius 2 is 1.95 bits per heavy atom. The molecule has 0 bridgehead atoms. The highest BCUT2D eigenvalue weighted by Gasteiger charge is 2.12. The third-order valence-electron chi connectivity index (χ3n) is 3.52. The standard InChI is InChI=1S/C18H22O2S/c1-3-4-7-12-21-18-15(13-17(19)20-2)11-10-14-8-5-6-9-16(14)18/h5-6,8-11H,3-4,7,12-13H2,1-2H3. The maximum absolute atomic E-state index is 11.6. The van der Waals surface area contributed by atoms with E-state index in [9.17, 15) is 4.79 Å². The highest BCUT2D eigenvalue weighted by molar-refractivity contribution is 7.99. The van der Waals surface area contributed by atoms with Crippen molar-refractivity contribution < 1.29 is 9.53 Å². The highest BCUT2D eigenvalue weighted by atomic mass is 32.2. The smallest absolute Gasteiger partial charge is 0.310 e. The first-order chi connectivity index (χ1) is 10.3. The van der Waals surface area contributed by atoms with Gasteiger partial charge >= 0.3 is 5.97 Å². The van der Waals surface area contributed by atoms with Crippen LogP contribution >= 0.6 is 11.8 Å². The van der Waals surface area contributed by atoms with E-state index in [1.54, 1.807) is 0 Å². The Bertz CT molecular complexity index is 607. The van der Waals surface area contributed by atoms with E-state index in [2.05, 4.69) is 37.3 Å². The normalized spacial score (nSPS) is 10.8. The fourth-order valence-electron chi connectivity index (χ4n) is 2.35. The van der Waals surface area contributed by atoms with Crippen LogP contribution in [0, 0.1) is 0 Å². The molecule has 0 amide bonds. The van der Waals surface area contributed by atoms with Crippen LogP contribution in [0.1, 0.15) is 31.7 Å². The van der Waals surface area contributed by atoms with Crippen molar-refractivity contribution in [2.45, 2.75) is 37.5 Å². The molecule has 112 valence electrons. The summed E-state index contributed by atoms with van der Waals surface area (Å²) in [5.41, 5.74) is 1.07. The maximum atomic E-state index is 11.6. The number of thioether (sulfide) groups is 1. The van der Waals surface area contributed by atoms with E-state index < -0.39 is 0 Å². The Kier molecular flexibility index (Phi) is 6.12. The van der Waals surface area contributed by atoms with Gasteiger partial charge in [0.1, 0.15) is 0 Å². The second kappa shape index (κ2) is 8.08. The Hall–Kier alpha value is -1.48. The van der Waals surface area contributed by atoms with Gasteiger partial charge in [0.05, 0.1) is 13.5 Å². The summed E-state index contributed by atoms with van der Waals surface area (Å²) in [5, 5.41) is 2.46. The predicted molar refractivity (Wildman–Crippen MR) is 89.9 cm³/mol. The van der Waals surface area contributed by atoms with Gasteiger partial charge in [0, 0.05) is 4.90 Å². The summed E-state index contributed by atoms with van der Waals surface area (Å²) >= 11 is 1.86. The number of carbonyl (C=O) groups is 1. The lowest BCUT2D eigenvalue weighted by Gasteiger charge is -2.12. The number of hydrogen-bond donors (Lipinski definition) is 0. The summed E-state index contributed by atoms with van der Waals surface area (Å²) in [6.07, 6.45) is 4.04. The number of methoxy groups -OCH3 is 1. The molecule has 0 aliphatic rings. The molecule has 0 spiro atoms. The summed E-state index contributed by atoms with van der Waals surface area (Å²) in [5.74, 6) is 0.913. The monoisotopic (exact) mass is 302 g/mol. The van der Waals surface area contributed by atoms with Crippen molar-refractivity contribution in [3.8, 4) is 0 Å². The summed E-state index contributed by atoms with van der Waals surface area (Å²) < 4.78 is 4.82. The quantitative estimate of drug-likeness (QED) is 0.416. The summed E-state index contributed by atoms with van der Waals surface area (Å²) in [6.45, 7) is 2.21. The molecule has 0 unspecified atom stereocenters. The molecule has 2 aromatic rings. The van der Waals surface area contributed by atoms with E-state index in [-0.39, 0.29) is 5.97 Å². The number of ether oxygens (including phenoxy) is 1. The fourth-order valence-corrected chi connectivity index (χ4v) is 3.57. The topological polar surface area (TPSA) is 26.3 Å². The average molecular weight is 302 g/mol. The molecule has 0 saturated carbocycles. The zero-order chi connectivity index (χ0) is 15.1. The summed E-state index contributed by atoms with van der Waals surface area (Å²) in [4.78, 5) is 12.8. The SMILES string of the molecule is CCCCCSc1c(CC(=O)OC)ccc2ccccc12. The van der Waals surface area contributed by atoms with Crippen molar-refractivity contribution in [3.05, 3.63) is 42.0 Å². The van der Waals surface area contributed by atoms with E-state index in [1.165, 1.54) is 42.0 Å². The largest absolute Gasteiger partial charge is 0.469 e. The average Bonchev–Trinajstić information content (AvgIpc) is 2.52. The van der Waals surface area contributed by atoms with Gasteiger partial charge in [0.2, 0.25) is 0 Å². The van der Waals surface area contributed by atoms with E-state index in [1.807, 2.05) is 17.8 Å². The minimum atomic E-state index is -0.180. The lowest BCUT2D eigenvalue weighted by atomic mass is 10.0. The molecule has 0 atom stereocenters. The minimum absolute atomic E-state index is 0.180. The molecule has 2 nitrogen and oxygen atoms in total. The minimum Gasteiger partial charge on any atom is -0.469 e. The Labute approximate surface area is 130 Å². The molecular formula is C18H22O2S. The molecule has 0 radical (unpaired) electrons. The number of fused-ring (bicyclic) bond motifs is 1. The Balaban J connectivity index is 2.30. The van der Waals surface area contributed by atoms with Crippen molar-refractivity contribution in [2.75, 3.05) is 12.9 Å². The van der Waals surface area contributed by atoms with Gasteiger partial charge in [-0.15, -0.1) is 11.8 Å². The third kappa shape index (κ3) is 4.24. The van der Waals surface area contributed by atoms with Crippen molar-refractivity contribution in [1.29, 1.82) is 0 Å². The first kappa shape index (κ1) is 15.9. The number of esters is 1. The first-order valence-electron chi connectivity index (χ1n) is 7.46. The molecule has 0 aliphatic carbocycles. The van der Waals surface area contributed by atoms with Gasteiger partial charge in [-0.25, -0.2) is 0 Å². The Morgan fingerprint density at radius 1 is 1.14 bits per heavy atom. The van der Waals surface area contributed by atoms with Crippen LogP contribution in [0.4, 0.5) is 0 Å². The van der Waals surface area contributed by atoms with Crippen LogP contribution in [0.25, 0.3) is 10.8 Å². The van der Waals surface area contributed by atoms with Gasteiger partial charge in [-0.05, 0) is 28.5 Å². The number of hydrogen-bond acceptors (Lipinski definition) is 3. The van der Waals surface area contributed by atoms with Gasteiger partial charge in [0.15, 0.2) is 0 Å². The third-order valence-corrected chi connectivity index (χ3v) is 4.78. The predicted octanol–water partition coefficient (Wildman–Crippen LogP) is 4.84. The number of rotatable bonds is 7. The molecule has 3 heteroatoms. The van der Waals surface area contributed by atoms with Gasteiger partial charge in [-0.1, -0.05) is 56.2 Å². The zero-order valence-corrected chi connectivity index (χ0v) is 13.5. The van der Waals surface area contributed by atoms with Gasteiger partial charge in [-0.2, -0.15) is 0 Å². The zero-order valence-electron chi connectivity index (χ0n) is 12.7. The molecule has 0 aliphatic heterocycles. The van der Waals surface area contributed by atoms with Crippen LogP contribution < -0.4 is 0 Å². The molecule has 2 rings (SSSR count).